The van der Waals surface area contributed by atoms with Gasteiger partial charge in [0.1, 0.15) is 0 Å². The smallest absolute Gasteiger partial charge is 0.224 e. The van der Waals surface area contributed by atoms with Gasteiger partial charge in [-0.25, -0.2) is 0 Å². The number of nitrogens with zero attached hydrogens (tertiary/aromatic N) is 2. The van der Waals surface area contributed by atoms with Crippen LogP contribution in [0.25, 0.3) is 0 Å². The lowest BCUT2D eigenvalue weighted by Crippen LogP contribution is -2.38. The summed E-state index contributed by atoms with van der Waals surface area (Å²) < 4.78 is 0. The summed E-state index contributed by atoms with van der Waals surface area (Å²) in [4.78, 5) is 16.4. The molecule has 0 aliphatic carbocycles. The molecule has 2 heterocycles. The third-order valence-corrected chi connectivity index (χ3v) is 3.66. The number of likely N-dealkylation sites (N-methyl/N-ethyl adjacent to an activating group) is 1. The Balaban J connectivity index is 0.00000144. The first-order chi connectivity index (χ1) is 7.75. The van der Waals surface area contributed by atoms with Gasteiger partial charge >= 0.3 is 0 Å². The Bertz CT molecular complexity index is 244. The molecule has 0 saturated carbocycles. The molecular weight excluding hydrogens is 238 g/mol. The van der Waals surface area contributed by atoms with Crippen molar-refractivity contribution in [2.75, 3.05) is 39.8 Å². The molecule has 2 rings (SSSR count). The zero-order valence-electron chi connectivity index (χ0n) is 10.7. The van der Waals surface area contributed by atoms with Gasteiger partial charge in [0.25, 0.3) is 0 Å². The van der Waals surface area contributed by atoms with Gasteiger partial charge in [0.2, 0.25) is 5.91 Å². The molecule has 0 aromatic heterocycles. The van der Waals surface area contributed by atoms with E-state index in [0.717, 1.165) is 39.1 Å². The first-order valence-corrected chi connectivity index (χ1v) is 6.45. The van der Waals surface area contributed by atoms with Crippen molar-refractivity contribution in [2.24, 2.45) is 0 Å². The van der Waals surface area contributed by atoms with E-state index in [9.17, 15) is 4.79 Å². The highest BCUT2D eigenvalue weighted by atomic mass is 35.5. The van der Waals surface area contributed by atoms with E-state index in [-0.39, 0.29) is 12.4 Å². The SMILES string of the molecule is CN1CCCN(C(=O)CC2CCCN2)CC1.Cl. The van der Waals surface area contributed by atoms with Crippen molar-refractivity contribution in [3.8, 4) is 0 Å². The minimum Gasteiger partial charge on any atom is -0.341 e. The average Bonchev–Trinajstić information content (AvgIpc) is 2.66. The topological polar surface area (TPSA) is 35.6 Å². The maximum absolute atomic E-state index is 12.1. The predicted octanol–water partition coefficient (Wildman–Crippen LogP) is 0.714. The van der Waals surface area contributed by atoms with Crippen LogP contribution in [-0.4, -0.2) is 61.5 Å². The molecule has 2 saturated heterocycles. The summed E-state index contributed by atoms with van der Waals surface area (Å²) in [6.45, 7) is 5.06. The number of hydrogen-bond donors (Lipinski definition) is 1. The molecule has 1 amide bonds. The van der Waals surface area contributed by atoms with E-state index in [1.807, 2.05) is 4.90 Å². The lowest BCUT2D eigenvalue weighted by atomic mass is 10.1. The van der Waals surface area contributed by atoms with Crippen LogP contribution >= 0.6 is 12.4 Å². The number of rotatable bonds is 2. The molecule has 5 heteroatoms. The summed E-state index contributed by atoms with van der Waals surface area (Å²) in [6.07, 6.45) is 4.20. The third-order valence-electron chi connectivity index (χ3n) is 3.66. The molecule has 1 unspecified atom stereocenters. The summed E-state index contributed by atoms with van der Waals surface area (Å²) in [5.74, 6) is 0.342. The zero-order chi connectivity index (χ0) is 11.4. The van der Waals surface area contributed by atoms with Crippen molar-refractivity contribution in [2.45, 2.75) is 31.7 Å². The average molecular weight is 262 g/mol. The van der Waals surface area contributed by atoms with E-state index in [1.54, 1.807) is 0 Å². The summed E-state index contributed by atoms with van der Waals surface area (Å²) in [6, 6.07) is 0.438. The zero-order valence-corrected chi connectivity index (χ0v) is 11.5. The summed E-state index contributed by atoms with van der Waals surface area (Å²) in [7, 11) is 2.13. The van der Waals surface area contributed by atoms with Gasteiger partial charge in [-0.3, -0.25) is 4.79 Å². The molecule has 2 fully saturated rings. The molecule has 17 heavy (non-hydrogen) atoms. The molecular formula is C12H24ClN3O. The Morgan fingerprint density at radius 3 is 2.76 bits per heavy atom. The van der Waals surface area contributed by atoms with Gasteiger partial charge in [0.15, 0.2) is 0 Å². The number of carbonyl (C=O) groups excluding carboxylic acids is 1. The van der Waals surface area contributed by atoms with E-state index in [1.165, 1.54) is 12.8 Å². The molecule has 1 atom stereocenters. The first kappa shape index (κ1) is 14.7. The fraction of sp³-hybridized carbons (Fsp3) is 0.917. The normalized spacial score (nSPS) is 26.4. The van der Waals surface area contributed by atoms with Crippen LogP contribution in [0.4, 0.5) is 0 Å². The van der Waals surface area contributed by atoms with E-state index in [4.69, 9.17) is 0 Å². The molecule has 1 N–H and O–H groups in total. The van der Waals surface area contributed by atoms with Gasteiger partial charge in [-0.1, -0.05) is 0 Å². The van der Waals surface area contributed by atoms with E-state index in [2.05, 4.69) is 17.3 Å². The number of hydrogen-bond acceptors (Lipinski definition) is 3. The molecule has 0 aromatic rings. The molecule has 0 bridgehead atoms. The van der Waals surface area contributed by atoms with Crippen molar-refractivity contribution in [3.63, 3.8) is 0 Å². The Morgan fingerprint density at radius 2 is 2.06 bits per heavy atom. The van der Waals surface area contributed by atoms with Crippen LogP contribution < -0.4 is 5.32 Å². The quantitative estimate of drug-likeness (QED) is 0.796. The largest absolute Gasteiger partial charge is 0.341 e. The summed E-state index contributed by atoms with van der Waals surface area (Å²) in [5, 5.41) is 3.39. The Labute approximate surface area is 110 Å². The number of amides is 1. The van der Waals surface area contributed by atoms with Gasteiger partial charge < -0.3 is 15.1 Å². The lowest BCUT2D eigenvalue weighted by molar-refractivity contribution is -0.131. The second kappa shape index (κ2) is 7.19. The maximum atomic E-state index is 12.1. The molecule has 0 aromatic carbocycles. The van der Waals surface area contributed by atoms with Crippen molar-refractivity contribution in [1.82, 2.24) is 15.1 Å². The van der Waals surface area contributed by atoms with Crippen LogP contribution in [-0.2, 0) is 4.79 Å². The second-order valence-corrected chi connectivity index (χ2v) is 5.04. The first-order valence-electron chi connectivity index (χ1n) is 6.45. The van der Waals surface area contributed by atoms with Gasteiger partial charge in [0.05, 0.1) is 0 Å². The summed E-state index contributed by atoms with van der Waals surface area (Å²) >= 11 is 0. The van der Waals surface area contributed by atoms with Crippen LogP contribution in [0, 0.1) is 0 Å². The number of halogens is 1. The van der Waals surface area contributed by atoms with Gasteiger partial charge in [-0.15, -0.1) is 12.4 Å². The fourth-order valence-corrected chi connectivity index (χ4v) is 2.57. The Morgan fingerprint density at radius 1 is 1.24 bits per heavy atom. The van der Waals surface area contributed by atoms with Crippen LogP contribution in [0.1, 0.15) is 25.7 Å². The lowest BCUT2D eigenvalue weighted by Gasteiger charge is -2.22. The van der Waals surface area contributed by atoms with E-state index < -0.39 is 0 Å². The molecule has 2 aliphatic rings. The number of carbonyl (C=O) groups is 1. The third kappa shape index (κ3) is 4.45. The molecule has 100 valence electrons. The molecule has 4 nitrogen and oxygen atoms in total. The van der Waals surface area contributed by atoms with Crippen LogP contribution in [0.5, 0.6) is 0 Å². The minimum absolute atomic E-state index is 0. The monoisotopic (exact) mass is 261 g/mol. The fourth-order valence-electron chi connectivity index (χ4n) is 2.57. The second-order valence-electron chi connectivity index (χ2n) is 5.04. The van der Waals surface area contributed by atoms with Crippen molar-refractivity contribution >= 4 is 18.3 Å². The van der Waals surface area contributed by atoms with Gasteiger partial charge in [-0.2, -0.15) is 0 Å². The van der Waals surface area contributed by atoms with Crippen molar-refractivity contribution < 1.29 is 4.79 Å². The Kier molecular flexibility index (Phi) is 6.23. The van der Waals surface area contributed by atoms with Crippen molar-refractivity contribution in [1.29, 1.82) is 0 Å². The highest BCUT2D eigenvalue weighted by Gasteiger charge is 2.22. The van der Waals surface area contributed by atoms with Gasteiger partial charge in [0, 0.05) is 32.1 Å². The highest BCUT2D eigenvalue weighted by Crippen LogP contribution is 2.11. The van der Waals surface area contributed by atoms with Crippen LogP contribution in [0.3, 0.4) is 0 Å². The van der Waals surface area contributed by atoms with Crippen LogP contribution in [0.2, 0.25) is 0 Å². The molecule has 0 radical (unpaired) electrons. The highest BCUT2D eigenvalue weighted by molar-refractivity contribution is 5.85. The standard InChI is InChI=1S/C12H23N3O.ClH/c1-14-6-3-7-15(9-8-14)12(16)10-11-4-2-5-13-11;/h11,13H,2-10H2,1H3;1H. The van der Waals surface area contributed by atoms with Gasteiger partial charge in [-0.05, 0) is 39.4 Å². The minimum atomic E-state index is 0. The van der Waals surface area contributed by atoms with Crippen LogP contribution in [0.15, 0.2) is 0 Å². The van der Waals surface area contributed by atoms with Crippen molar-refractivity contribution in [3.05, 3.63) is 0 Å². The molecule has 2 aliphatic heterocycles. The maximum Gasteiger partial charge on any atom is 0.224 e. The summed E-state index contributed by atoms with van der Waals surface area (Å²) in [5.41, 5.74) is 0. The predicted molar refractivity (Wildman–Crippen MR) is 71.6 cm³/mol. The number of nitrogens with one attached hydrogen (secondary N) is 1. The molecule has 0 spiro atoms. The Hall–Kier alpha value is -0.320. The van der Waals surface area contributed by atoms with E-state index >= 15 is 0 Å². The van der Waals surface area contributed by atoms with E-state index in [0.29, 0.717) is 18.4 Å².